The fraction of sp³-hybridized carbons (Fsp3) is 0.400. The van der Waals surface area contributed by atoms with Crippen LogP contribution in [-0.4, -0.2) is 55.2 Å². The largest absolute Gasteiger partial charge is 0.487 e. The highest BCUT2D eigenvalue weighted by molar-refractivity contribution is 5.96. The standard InChI is InChI=1S/C25H29N3O5/c1-3-32-24(30)19-8-10-20(11-9-19)26-23(29)18-12-14-27(15-13-18)25(31)28-16-17(2)33-22-7-5-4-6-21(22)28/h4-11,17-18H,3,12-16H2,1-2H3,(H,26,29). The third kappa shape index (κ3) is 5.10. The highest BCUT2D eigenvalue weighted by Crippen LogP contribution is 2.34. The van der Waals surface area contributed by atoms with Crippen LogP contribution in [0, 0.1) is 5.92 Å². The fourth-order valence-electron chi connectivity index (χ4n) is 4.22. The molecule has 1 atom stereocenters. The molecule has 174 valence electrons. The van der Waals surface area contributed by atoms with Crippen molar-refractivity contribution >= 4 is 29.3 Å². The first-order chi connectivity index (χ1) is 16.0. The van der Waals surface area contributed by atoms with Crippen molar-refractivity contribution in [1.82, 2.24) is 4.90 Å². The highest BCUT2D eigenvalue weighted by atomic mass is 16.5. The van der Waals surface area contributed by atoms with E-state index >= 15 is 0 Å². The minimum absolute atomic E-state index is 0.0500. The Bertz CT molecular complexity index is 1010. The van der Waals surface area contributed by atoms with Crippen LogP contribution >= 0.6 is 0 Å². The van der Waals surface area contributed by atoms with Crippen LogP contribution in [0.15, 0.2) is 48.5 Å². The van der Waals surface area contributed by atoms with Crippen LogP contribution in [0.2, 0.25) is 0 Å². The van der Waals surface area contributed by atoms with Crippen LogP contribution in [0.3, 0.4) is 0 Å². The van der Waals surface area contributed by atoms with Crippen molar-refractivity contribution in [1.29, 1.82) is 0 Å². The van der Waals surface area contributed by atoms with Gasteiger partial charge in [0.1, 0.15) is 11.9 Å². The number of esters is 1. The lowest BCUT2D eigenvalue weighted by Crippen LogP contribution is -2.51. The smallest absolute Gasteiger partial charge is 0.338 e. The van der Waals surface area contributed by atoms with Crippen molar-refractivity contribution in [3.8, 4) is 5.75 Å². The number of nitrogens with zero attached hydrogens (tertiary/aromatic N) is 2. The van der Waals surface area contributed by atoms with E-state index in [2.05, 4.69) is 5.32 Å². The maximum atomic E-state index is 13.2. The molecule has 0 aliphatic carbocycles. The predicted molar refractivity (Wildman–Crippen MR) is 125 cm³/mol. The summed E-state index contributed by atoms with van der Waals surface area (Å²) in [6.07, 6.45) is 1.11. The summed E-state index contributed by atoms with van der Waals surface area (Å²) in [4.78, 5) is 41.3. The second-order valence-electron chi connectivity index (χ2n) is 8.34. The number of urea groups is 1. The number of amides is 3. The van der Waals surface area contributed by atoms with E-state index in [0.717, 1.165) is 5.69 Å². The molecule has 0 spiro atoms. The number of hydrogen-bond acceptors (Lipinski definition) is 5. The van der Waals surface area contributed by atoms with Crippen LogP contribution < -0.4 is 15.0 Å². The first kappa shape index (κ1) is 22.6. The molecule has 0 bridgehead atoms. The molecule has 8 heteroatoms. The molecule has 1 N–H and O–H groups in total. The van der Waals surface area contributed by atoms with Gasteiger partial charge in [-0.05, 0) is 63.1 Å². The number of carbonyl (C=O) groups excluding carboxylic acids is 3. The zero-order valence-electron chi connectivity index (χ0n) is 19.0. The van der Waals surface area contributed by atoms with E-state index in [-0.39, 0.29) is 29.9 Å². The topological polar surface area (TPSA) is 88.2 Å². The van der Waals surface area contributed by atoms with E-state index in [1.54, 1.807) is 36.1 Å². The lowest BCUT2D eigenvalue weighted by molar-refractivity contribution is -0.121. The van der Waals surface area contributed by atoms with Gasteiger partial charge in [0.15, 0.2) is 0 Å². The maximum absolute atomic E-state index is 13.2. The van der Waals surface area contributed by atoms with Crippen LogP contribution in [0.4, 0.5) is 16.2 Å². The predicted octanol–water partition coefficient (Wildman–Crippen LogP) is 3.92. The Morgan fingerprint density at radius 2 is 1.76 bits per heavy atom. The number of para-hydroxylation sites is 2. The third-order valence-electron chi connectivity index (χ3n) is 5.95. The van der Waals surface area contributed by atoms with Crippen LogP contribution in [0.5, 0.6) is 5.75 Å². The first-order valence-electron chi connectivity index (χ1n) is 11.4. The summed E-state index contributed by atoms with van der Waals surface area (Å²) in [5.41, 5.74) is 1.86. The first-order valence-corrected chi connectivity index (χ1v) is 11.4. The quantitative estimate of drug-likeness (QED) is 0.712. The van der Waals surface area contributed by atoms with Crippen molar-refractivity contribution < 1.29 is 23.9 Å². The number of likely N-dealkylation sites (tertiary alicyclic amines) is 1. The van der Waals surface area contributed by atoms with E-state index < -0.39 is 0 Å². The molecule has 33 heavy (non-hydrogen) atoms. The molecule has 2 aromatic rings. The lowest BCUT2D eigenvalue weighted by atomic mass is 9.96. The molecule has 2 aliphatic rings. The molecule has 0 radical (unpaired) electrons. The van der Waals surface area contributed by atoms with Crippen LogP contribution in [0.1, 0.15) is 37.0 Å². The zero-order chi connectivity index (χ0) is 23.4. The minimum Gasteiger partial charge on any atom is -0.487 e. The van der Waals surface area contributed by atoms with Crippen molar-refractivity contribution in [2.24, 2.45) is 5.92 Å². The van der Waals surface area contributed by atoms with Crippen molar-refractivity contribution in [2.45, 2.75) is 32.8 Å². The molecule has 0 saturated carbocycles. The summed E-state index contributed by atoms with van der Waals surface area (Å²) in [5, 5.41) is 2.91. The van der Waals surface area contributed by atoms with Crippen molar-refractivity contribution in [3.63, 3.8) is 0 Å². The molecular weight excluding hydrogens is 422 g/mol. The molecule has 8 nitrogen and oxygen atoms in total. The molecule has 0 aromatic heterocycles. The molecule has 4 rings (SSSR count). The number of ether oxygens (including phenoxy) is 2. The monoisotopic (exact) mass is 451 g/mol. The van der Waals surface area contributed by atoms with Gasteiger partial charge in [0.05, 0.1) is 24.4 Å². The normalized spacial score (nSPS) is 18.2. The van der Waals surface area contributed by atoms with E-state index in [9.17, 15) is 14.4 Å². The Labute approximate surface area is 193 Å². The van der Waals surface area contributed by atoms with Crippen LogP contribution in [-0.2, 0) is 9.53 Å². The average Bonchev–Trinajstić information content (AvgIpc) is 2.83. The van der Waals surface area contributed by atoms with Gasteiger partial charge in [-0.3, -0.25) is 9.69 Å². The van der Waals surface area contributed by atoms with Gasteiger partial charge in [0.2, 0.25) is 5.91 Å². The Balaban J connectivity index is 1.32. The van der Waals surface area contributed by atoms with Gasteiger partial charge in [-0.15, -0.1) is 0 Å². The van der Waals surface area contributed by atoms with Gasteiger partial charge >= 0.3 is 12.0 Å². The van der Waals surface area contributed by atoms with E-state index in [4.69, 9.17) is 9.47 Å². The summed E-state index contributed by atoms with van der Waals surface area (Å²) in [7, 11) is 0. The molecular formula is C25H29N3O5. The van der Waals surface area contributed by atoms with Gasteiger partial charge in [0.25, 0.3) is 0 Å². The number of piperidine rings is 1. The summed E-state index contributed by atoms with van der Waals surface area (Å²) >= 11 is 0. The molecule has 1 unspecified atom stereocenters. The van der Waals surface area contributed by atoms with Crippen molar-refractivity contribution in [3.05, 3.63) is 54.1 Å². The molecule has 3 amide bonds. The van der Waals surface area contributed by atoms with Gasteiger partial charge in [0, 0.05) is 24.7 Å². The van der Waals surface area contributed by atoms with E-state index in [0.29, 0.717) is 56.1 Å². The van der Waals surface area contributed by atoms with Gasteiger partial charge in [-0.2, -0.15) is 0 Å². The SMILES string of the molecule is CCOC(=O)c1ccc(NC(=O)C2CCN(C(=O)N3CC(C)Oc4ccccc43)CC2)cc1. The number of benzene rings is 2. The Kier molecular flexibility index (Phi) is 6.82. The number of fused-ring (bicyclic) bond motifs is 1. The summed E-state index contributed by atoms with van der Waals surface area (Å²) in [6, 6.07) is 14.2. The van der Waals surface area contributed by atoms with Gasteiger partial charge < -0.3 is 19.7 Å². The Morgan fingerprint density at radius 1 is 1.06 bits per heavy atom. The summed E-state index contributed by atoms with van der Waals surface area (Å²) < 4.78 is 10.8. The van der Waals surface area contributed by atoms with E-state index in [1.807, 2.05) is 36.1 Å². The summed E-state index contributed by atoms with van der Waals surface area (Å²) in [6.45, 7) is 5.56. The fourth-order valence-corrected chi connectivity index (χ4v) is 4.22. The second kappa shape index (κ2) is 9.94. The molecule has 2 aliphatic heterocycles. The molecule has 2 aromatic carbocycles. The number of hydrogen-bond donors (Lipinski definition) is 1. The maximum Gasteiger partial charge on any atom is 0.338 e. The summed E-state index contributed by atoms with van der Waals surface area (Å²) in [5.74, 6) is 0.0866. The van der Waals surface area contributed by atoms with Gasteiger partial charge in [-0.25, -0.2) is 9.59 Å². The molecule has 1 saturated heterocycles. The second-order valence-corrected chi connectivity index (χ2v) is 8.34. The third-order valence-corrected chi connectivity index (χ3v) is 5.95. The number of nitrogens with one attached hydrogen (secondary N) is 1. The molecule has 1 fully saturated rings. The van der Waals surface area contributed by atoms with E-state index in [1.165, 1.54) is 0 Å². The van der Waals surface area contributed by atoms with Gasteiger partial charge in [-0.1, -0.05) is 12.1 Å². The lowest BCUT2D eigenvalue weighted by Gasteiger charge is -2.39. The Hall–Kier alpha value is -3.55. The van der Waals surface area contributed by atoms with Crippen LogP contribution in [0.25, 0.3) is 0 Å². The minimum atomic E-state index is -0.385. The number of anilines is 2. The number of carbonyl (C=O) groups is 3. The highest BCUT2D eigenvalue weighted by Gasteiger charge is 2.33. The molecule has 2 heterocycles. The number of rotatable bonds is 4. The van der Waals surface area contributed by atoms with Crippen molar-refractivity contribution in [2.75, 3.05) is 36.5 Å². The zero-order valence-corrected chi connectivity index (χ0v) is 19.0. The average molecular weight is 452 g/mol. The Morgan fingerprint density at radius 3 is 2.45 bits per heavy atom.